The highest BCUT2D eigenvalue weighted by molar-refractivity contribution is 6.31. The van der Waals surface area contributed by atoms with Crippen molar-refractivity contribution in [1.29, 1.82) is 0 Å². The zero-order chi connectivity index (χ0) is 18.0. The average molecular weight is 366 g/mol. The summed E-state index contributed by atoms with van der Waals surface area (Å²) in [5.41, 5.74) is 8.38. The summed E-state index contributed by atoms with van der Waals surface area (Å²) in [4.78, 5) is 5.06. The van der Waals surface area contributed by atoms with Gasteiger partial charge in [0.05, 0.1) is 17.5 Å². The Morgan fingerprint density at radius 3 is 2.40 bits per heavy atom. The molecule has 0 spiro atoms. The van der Waals surface area contributed by atoms with Crippen LogP contribution in [0.15, 0.2) is 18.2 Å². The number of hydrogen-bond acceptors (Lipinski definition) is 4. The molecule has 5 heteroatoms. The van der Waals surface area contributed by atoms with Crippen molar-refractivity contribution >= 4 is 23.0 Å². The molecule has 25 heavy (non-hydrogen) atoms. The van der Waals surface area contributed by atoms with Crippen LogP contribution >= 0.6 is 11.6 Å². The summed E-state index contributed by atoms with van der Waals surface area (Å²) in [7, 11) is 4.00. The molecule has 0 bridgehead atoms. The molecule has 0 unspecified atom stereocenters. The van der Waals surface area contributed by atoms with Crippen LogP contribution in [0.4, 0.5) is 11.4 Å². The SMILES string of the molecule is COC1CCC(C)(N2CCC(N(C)c3ccc(Cl)cc3N)CC2)CC1. The van der Waals surface area contributed by atoms with Gasteiger partial charge < -0.3 is 15.4 Å². The second kappa shape index (κ2) is 7.73. The quantitative estimate of drug-likeness (QED) is 0.813. The van der Waals surface area contributed by atoms with E-state index in [4.69, 9.17) is 22.1 Å². The molecule has 1 aromatic carbocycles. The standard InChI is InChI=1S/C20H32ClN3O/c1-20(10-6-17(25-3)7-11-20)24-12-8-16(9-13-24)23(2)19-5-4-15(21)14-18(19)22/h4-5,14,16-17H,6-13,22H2,1-3H3. The minimum atomic E-state index is 0.345. The Kier molecular flexibility index (Phi) is 5.81. The number of methoxy groups -OCH3 is 1. The molecular formula is C20H32ClN3O. The van der Waals surface area contributed by atoms with Gasteiger partial charge in [0.25, 0.3) is 0 Å². The first-order chi connectivity index (χ1) is 11.9. The van der Waals surface area contributed by atoms with Crippen LogP contribution in [0.1, 0.15) is 45.4 Å². The summed E-state index contributed by atoms with van der Waals surface area (Å²) in [6, 6.07) is 6.35. The molecule has 1 aliphatic carbocycles. The number of anilines is 2. The molecule has 1 aromatic rings. The van der Waals surface area contributed by atoms with Gasteiger partial charge in [-0.1, -0.05) is 11.6 Å². The number of nitrogen functional groups attached to an aromatic ring is 1. The van der Waals surface area contributed by atoms with Crippen LogP contribution in [0.2, 0.25) is 5.02 Å². The van der Waals surface area contributed by atoms with Crippen molar-refractivity contribution in [2.75, 3.05) is 37.9 Å². The van der Waals surface area contributed by atoms with Crippen LogP contribution in [0.25, 0.3) is 0 Å². The topological polar surface area (TPSA) is 41.7 Å². The van der Waals surface area contributed by atoms with Gasteiger partial charge in [-0.2, -0.15) is 0 Å². The maximum atomic E-state index is 6.17. The first kappa shape index (κ1) is 18.8. The molecular weight excluding hydrogens is 334 g/mol. The maximum absolute atomic E-state index is 6.17. The molecule has 1 aliphatic heterocycles. The number of ether oxygens (including phenoxy) is 1. The summed E-state index contributed by atoms with van der Waals surface area (Å²) in [6.45, 7) is 4.77. The highest BCUT2D eigenvalue weighted by atomic mass is 35.5. The molecule has 2 N–H and O–H groups in total. The van der Waals surface area contributed by atoms with Crippen molar-refractivity contribution in [1.82, 2.24) is 4.90 Å². The lowest BCUT2D eigenvalue weighted by atomic mass is 9.79. The Bertz CT molecular complexity index is 578. The third-order valence-electron chi connectivity index (χ3n) is 6.49. The van der Waals surface area contributed by atoms with Crippen LogP contribution in [-0.2, 0) is 4.74 Å². The van der Waals surface area contributed by atoms with E-state index in [1.54, 1.807) is 0 Å². The highest BCUT2D eigenvalue weighted by Crippen LogP contribution is 2.37. The Hall–Kier alpha value is -0.970. The fraction of sp³-hybridized carbons (Fsp3) is 0.700. The van der Waals surface area contributed by atoms with Crippen LogP contribution < -0.4 is 10.6 Å². The van der Waals surface area contributed by atoms with Crippen LogP contribution in [0, 0.1) is 0 Å². The predicted molar refractivity (Wildman–Crippen MR) is 107 cm³/mol. The summed E-state index contributed by atoms with van der Waals surface area (Å²) in [6.07, 6.45) is 7.70. The van der Waals surface area contributed by atoms with Gasteiger partial charge >= 0.3 is 0 Å². The lowest BCUT2D eigenvalue weighted by Gasteiger charge is -2.49. The summed E-state index contributed by atoms with van der Waals surface area (Å²) >= 11 is 6.03. The summed E-state index contributed by atoms with van der Waals surface area (Å²) in [5, 5.41) is 0.698. The van der Waals surface area contributed by atoms with Crippen molar-refractivity contribution in [3.05, 3.63) is 23.2 Å². The molecule has 0 atom stereocenters. The summed E-state index contributed by atoms with van der Waals surface area (Å²) in [5.74, 6) is 0. The van der Waals surface area contributed by atoms with E-state index >= 15 is 0 Å². The fourth-order valence-electron chi connectivity index (χ4n) is 4.60. The van der Waals surface area contributed by atoms with Gasteiger partial charge in [-0.3, -0.25) is 4.90 Å². The number of halogens is 1. The lowest BCUT2D eigenvalue weighted by Crippen LogP contribution is -2.54. The minimum Gasteiger partial charge on any atom is -0.397 e. The monoisotopic (exact) mass is 365 g/mol. The Morgan fingerprint density at radius 2 is 1.84 bits per heavy atom. The number of likely N-dealkylation sites (tertiary alicyclic amines) is 1. The Balaban J connectivity index is 1.58. The van der Waals surface area contributed by atoms with E-state index < -0.39 is 0 Å². The van der Waals surface area contributed by atoms with Gasteiger partial charge in [0.2, 0.25) is 0 Å². The molecule has 140 valence electrons. The molecule has 3 rings (SSSR count). The van der Waals surface area contributed by atoms with E-state index in [0.717, 1.165) is 24.5 Å². The molecule has 1 saturated carbocycles. The van der Waals surface area contributed by atoms with Gasteiger partial charge in [0.1, 0.15) is 0 Å². The smallest absolute Gasteiger partial charge is 0.0600 e. The molecule has 0 amide bonds. The average Bonchev–Trinajstić information content (AvgIpc) is 2.62. The fourth-order valence-corrected chi connectivity index (χ4v) is 4.78. The van der Waals surface area contributed by atoms with E-state index in [2.05, 4.69) is 23.8 Å². The normalized spacial score (nSPS) is 28.9. The number of hydrogen-bond donors (Lipinski definition) is 1. The van der Waals surface area contributed by atoms with Crippen LogP contribution in [0.5, 0.6) is 0 Å². The van der Waals surface area contributed by atoms with E-state index in [1.807, 2.05) is 25.3 Å². The third-order valence-corrected chi connectivity index (χ3v) is 6.72. The Morgan fingerprint density at radius 1 is 1.20 bits per heavy atom. The maximum Gasteiger partial charge on any atom is 0.0600 e. The lowest BCUT2D eigenvalue weighted by molar-refractivity contribution is -0.0114. The second-order valence-corrected chi connectivity index (χ2v) is 8.40. The van der Waals surface area contributed by atoms with E-state index in [0.29, 0.717) is 22.7 Å². The first-order valence-corrected chi connectivity index (χ1v) is 9.86. The number of nitrogens with zero attached hydrogens (tertiary/aromatic N) is 2. The molecule has 4 nitrogen and oxygen atoms in total. The first-order valence-electron chi connectivity index (χ1n) is 9.48. The van der Waals surface area contributed by atoms with Crippen molar-refractivity contribution in [3.63, 3.8) is 0 Å². The predicted octanol–water partition coefficient (Wildman–Crippen LogP) is 4.17. The van der Waals surface area contributed by atoms with Crippen molar-refractivity contribution < 1.29 is 4.74 Å². The van der Waals surface area contributed by atoms with Gasteiger partial charge in [0.15, 0.2) is 0 Å². The molecule has 2 aliphatic rings. The molecule has 1 heterocycles. The van der Waals surface area contributed by atoms with Gasteiger partial charge in [-0.15, -0.1) is 0 Å². The highest BCUT2D eigenvalue weighted by Gasteiger charge is 2.38. The van der Waals surface area contributed by atoms with E-state index in [-0.39, 0.29) is 0 Å². The minimum absolute atomic E-state index is 0.345. The molecule has 0 aromatic heterocycles. The van der Waals surface area contributed by atoms with Gasteiger partial charge in [0, 0.05) is 43.9 Å². The third kappa shape index (κ3) is 4.07. The number of rotatable bonds is 4. The molecule has 0 radical (unpaired) electrons. The van der Waals surface area contributed by atoms with Crippen LogP contribution in [-0.4, -0.2) is 49.8 Å². The molecule has 2 fully saturated rings. The van der Waals surface area contributed by atoms with Crippen molar-refractivity contribution in [2.24, 2.45) is 0 Å². The van der Waals surface area contributed by atoms with Crippen LogP contribution in [0.3, 0.4) is 0 Å². The van der Waals surface area contributed by atoms with Crippen molar-refractivity contribution in [3.8, 4) is 0 Å². The van der Waals surface area contributed by atoms with Gasteiger partial charge in [-0.25, -0.2) is 0 Å². The number of piperidine rings is 1. The number of benzene rings is 1. The van der Waals surface area contributed by atoms with E-state index in [9.17, 15) is 0 Å². The van der Waals surface area contributed by atoms with Crippen molar-refractivity contribution in [2.45, 2.75) is 63.1 Å². The Labute approximate surface area is 157 Å². The van der Waals surface area contributed by atoms with Gasteiger partial charge in [-0.05, 0) is 63.6 Å². The zero-order valence-electron chi connectivity index (χ0n) is 15.8. The van der Waals surface area contributed by atoms with E-state index in [1.165, 1.54) is 38.5 Å². The zero-order valence-corrected chi connectivity index (χ0v) is 16.6. The molecule has 1 saturated heterocycles. The number of nitrogens with two attached hydrogens (primary N) is 1. The largest absolute Gasteiger partial charge is 0.397 e. The summed E-state index contributed by atoms with van der Waals surface area (Å²) < 4.78 is 5.54. The second-order valence-electron chi connectivity index (χ2n) is 7.96.